The van der Waals surface area contributed by atoms with Gasteiger partial charge in [-0.3, -0.25) is 0 Å². The lowest BCUT2D eigenvalue weighted by molar-refractivity contribution is 0.576. The van der Waals surface area contributed by atoms with Crippen LogP contribution in [0.2, 0.25) is 0 Å². The number of hydrogen-bond acceptors (Lipinski definition) is 3. The fourth-order valence-corrected chi connectivity index (χ4v) is 3.62. The van der Waals surface area contributed by atoms with Crippen LogP contribution >= 0.6 is 11.3 Å². The molecular formula is C14H16N2S. The van der Waals surface area contributed by atoms with Crippen LogP contribution in [0.3, 0.4) is 0 Å². The minimum atomic E-state index is 0.327. The van der Waals surface area contributed by atoms with Gasteiger partial charge < -0.3 is 5.73 Å². The first kappa shape index (κ1) is 10.9. The first-order valence-corrected chi connectivity index (χ1v) is 6.86. The molecule has 17 heavy (non-hydrogen) atoms. The second-order valence-electron chi connectivity index (χ2n) is 4.71. The van der Waals surface area contributed by atoms with Crippen molar-refractivity contribution in [2.45, 2.75) is 32.2 Å². The number of fused-ring (bicyclic) bond motifs is 1. The van der Waals surface area contributed by atoms with Crippen molar-refractivity contribution >= 4 is 11.3 Å². The number of benzene rings is 1. The Balaban J connectivity index is 2.03. The van der Waals surface area contributed by atoms with Crippen LogP contribution in [0, 0.1) is 6.92 Å². The van der Waals surface area contributed by atoms with E-state index in [1.165, 1.54) is 21.7 Å². The van der Waals surface area contributed by atoms with Gasteiger partial charge in [-0.2, -0.15) is 0 Å². The van der Waals surface area contributed by atoms with Gasteiger partial charge in [-0.25, -0.2) is 4.98 Å². The smallest absolute Gasteiger partial charge is 0.124 e. The van der Waals surface area contributed by atoms with Gasteiger partial charge in [0.1, 0.15) is 5.01 Å². The van der Waals surface area contributed by atoms with E-state index in [1.54, 1.807) is 0 Å². The molecule has 0 saturated carbocycles. The molecule has 0 saturated heterocycles. The third kappa shape index (κ3) is 2.01. The molecule has 2 N–H and O–H groups in total. The molecule has 1 aromatic heterocycles. The standard InChI is InChI=1S/C14H16N2S/c1-9-4-2-3-5-11(9)14-16-12-7-6-10(15)8-13(12)17-14/h2-5,10H,6-8,15H2,1H3. The summed E-state index contributed by atoms with van der Waals surface area (Å²) in [7, 11) is 0. The van der Waals surface area contributed by atoms with Crippen molar-refractivity contribution < 1.29 is 0 Å². The minimum Gasteiger partial charge on any atom is -0.327 e. The number of nitrogens with two attached hydrogens (primary N) is 1. The van der Waals surface area contributed by atoms with Crippen LogP contribution in [0.25, 0.3) is 10.6 Å². The number of rotatable bonds is 1. The molecule has 3 rings (SSSR count). The summed E-state index contributed by atoms with van der Waals surface area (Å²) in [6.45, 7) is 2.14. The topological polar surface area (TPSA) is 38.9 Å². The fourth-order valence-electron chi connectivity index (χ4n) is 2.33. The molecular weight excluding hydrogens is 228 g/mol. The van der Waals surface area contributed by atoms with Crippen molar-refractivity contribution in [3.05, 3.63) is 40.4 Å². The van der Waals surface area contributed by atoms with Crippen molar-refractivity contribution in [1.82, 2.24) is 4.98 Å². The highest BCUT2D eigenvalue weighted by Gasteiger charge is 2.20. The Morgan fingerprint density at radius 1 is 1.35 bits per heavy atom. The Morgan fingerprint density at radius 3 is 3.00 bits per heavy atom. The maximum atomic E-state index is 6.01. The van der Waals surface area contributed by atoms with Crippen molar-refractivity contribution in [1.29, 1.82) is 0 Å². The summed E-state index contributed by atoms with van der Waals surface area (Å²) in [5.74, 6) is 0. The zero-order chi connectivity index (χ0) is 11.8. The van der Waals surface area contributed by atoms with E-state index in [2.05, 4.69) is 31.2 Å². The van der Waals surface area contributed by atoms with Crippen molar-refractivity contribution in [3.8, 4) is 10.6 Å². The second kappa shape index (κ2) is 4.24. The van der Waals surface area contributed by atoms with Gasteiger partial charge >= 0.3 is 0 Å². The predicted molar refractivity (Wildman–Crippen MR) is 72.3 cm³/mol. The molecule has 0 aliphatic heterocycles. The van der Waals surface area contributed by atoms with Crippen LogP contribution in [0.15, 0.2) is 24.3 Å². The van der Waals surface area contributed by atoms with Gasteiger partial charge in [-0.1, -0.05) is 24.3 Å². The summed E-state index contributed by atoms with van der Waals surface area (Å²) in [5.41, 5.74) is 9.84. The number of hydrogen-bond donors (Lipinski definition) is 1. The average Bonchev–Trinajstić information content (AvgIpc) is 2.72. The molecule has 1 aliphatic rings. The van der Waals surface area contributed by atoms with Gasteiger partial charge in [0.05, 0.1) is 5.69 Å². The quantitative estimate of drug-likeness (QED) is 0.837. The van der Waals surface area contributed by atoms with Gasteiger partial charge in [0, 0.05) is 16.5 Å². The summed E-state index contributed by atoms with van der Waals surface area (Å²) in [5, 5.41) is 1.15. The zero-order valence-corrected chi connectivity index (χ0v) is 10.8. The molecule has 0 bridgehead atoms. The van der Waals surface area contributed by atoms with E-state index >= 15 is 0 Å². The third-order valence-corrected chi connectivity index (χ3v) is 4.51. The predicted octanol–water partition coefficient (Wildman–Crippen LogP) is 2.93. The summed E-state index contributed by atoms with van der Waals surface area (Å²) < 4.78 is 0. The SMILES string of the molecule is Cc1ccccc1-c1nc2c(s1)CC(N)CC2. The van der Waals surface area contributed by atoms with Gasteiger partial charge in [0.2, 0.25) is 0 Å². The molecule has 2 aromatic rings. The molecule has 88 valence electrons. The zero-order valence-electron chi connectivity index (χ0n) is 9.94. The summed E-state index contributed by atoms with van der Waals surface area (Å²) in [6, 6.07) is 8.77. The van der Waals surface area contributed by atoms with E-state index in [0.717, 1.165) is 24.3 Å². The molecule has 0 spiro atoms. The van der Waals surface area contributed by atoms with E-state index in [1.807, 2.05) is 11.3 Å². The molecule has 1 aliphatic carbocycles. The highest BCUT2D eigenvalue weighted by atomic mass is 32.1. The van der Waals surface area contributed by atoms with Crippen molar-refractivity contribution in [3.63, 3.8) is 0 Å². The van der Waals surface area contributed by atoms with Crippen LogP contribution in [0.1, 0.15) is 22.6 Å². The Bertz CT molecular complexity index is 545. The number of thiazole rings is 1. The Hall–Kier alpha value is -1.19. The molecule has 1 unspecified atom stereocenters. The van der Waals surface area contributed by atoms with E-state index in [9.17, 15) is 0 Å². The summed E-state index contributed by atoms with van der Waals surface area (Å²) in [6.07, 6.45) is 3.11. The van der Waals surface area contributed by atoms with E-state index < -0.39 is 0 Å². The maximum Gasteiger partial charge on any atom is 0.124 e. The molecule has 1 aromatic carbocycles. The largest absolute Gasteiger partial charge is 0.327 e. The monoisotopic (exact) mass is 244 g/mol. The van der Waals surface area contributed by atoms with Crippen LogP contribution in [-0.2, 0) is 12.8 Å². The molecule has 1 heterocycles. The van der Waals surface area contributed by atoms with Crippen LogP contribution in [0.5, 0.6) is 0 Å². The minimum absolute atomic E-state index is 0.327. The molecule has 0 radical (unpaired) electrons. The number of aromatic nitrogens is 1. The normalized spacial score (nSPS) is 19.1. The number of nitrogens with zero attached hydrogens (tertiary/aromatic N) is 1. The van der Waals surface area contributed by atoms with E-state index in [-0.39, 0.29) is 0 Å². The maximum absolute atomic E-state index is 6.01. The lowest BCUT2D eigenvalue weighted by Gasteiger charge is -2.15. The van der Waals surface area contributed by atoms with Crippen LogP contribution in [0.4, 0.5) is 0 Å². The molecule has 2 nitrogen and oxygen atoms in total. The van der Waals surface area contributed by atoms with Crippen LogP contribution < -0.4 is 5.73 Å². The van der Waals surface area contributed by atoms with Crippen LogP contribution in [-0.4, -0.2) is 11.0 Å². The lowest BCUT2D eigenvalue weighted by Crippen LogP contribution is -2.26. The highest BCUT2D eigenvalue weighted by Crippen LogP contribution is 2.33. The van der Waals surface area contributed by atoms with Gasteiger partial charge in [-0.15, -0.1) is 11.3 Å². The lowest BCUT2D eigenvalue weighted by atomic mass is 9.99. The average molecular weight is 244 g/mol. The molecule has 1 atom stereocenters. The van der Waals surface area contributed by atoms with Gasteiger partial charge in [0.15, 0.2) is 0 Å². The van der Waals surface area contributed by atoms with Gasteiger partial charge in [-0.05, 0) is 31.7 Å². The first-order valence-electron chi connectivity index (χ1n) is 6.04. The Labute approximate surface area is 106 Å². The van der Waals surface area contributed by atoms with Crippen molar-refractivity contribution in [2.75, 3.05) is 0 Å². The summed E-state index contributed by atoms with van der Waals surface area (Å²) >= 11 is 1.82. The third-order valence-electron chi connectivity index (χ3n) is 3.35. The van der Waals surface area contributed by atoms with E-state index in [4.69, 9.17) is 10.7 Å². The number of aryl methyl sites for hydroxylation is 2. The molecule has 0 fully saturated rings. The Morgan fingerprint density at radius 2 is 2.18 bits per heavy atom. The second-order valence-corrected chi connectivity index (χ2v) is 5.79. The van der Waals surface area contributed by atoms with E-state index in [0.29, 0.717) is 6.04 Å². The van der Waals surface area contributed by atoms with Gasteiger partial charge in [0.25, 0.3) is 0 Å². The van der Waals surface area contributed by atoms with Crippen molar-refractivity contribution in [2.24, 2.45) is 5.73 Å². The molecule has 0 amide bonds. The fraction of sp³-hybridized carbons (Fsp3) is 0.357. The highest BCUT2D eigenvalue weighted by molar-refractivity contribution is 7.15. The first-order chi connectivity index (χ1) is 8.24. The molecule has 3 heteroatoms. The summed E-state index contributed by atoms with van der Waals surface area (Å²) in [4.78, 5) is 6.17. The Kier molecular flexibility index (Phi) is 2.73.